The predicted molar refractivity (Wildman–Crippen MR) is 65.2 cm³/mol. The molecule has 0 radical (unpaired) electrons. The van der Waals surface area contributed by atoms with Gasteiger partial charge in [-0.3, -0.25) is 4.99 Å². The number of halogens is 1. The highest BCUT2D eigenvalue weighted by Crippen LogP contribution is 2.15. The highest BCUT2D eigenvalue weighted by molar-refractivity contribution is 8.14. The Morgan fingerprint density at radius 3 is 2.64 bits per heavy atom. The van der Waals surface area contributed by atoms with E-state index in [1.165, 1.54) is 0 Å². The fraction of sp³-hybridized carbons (Fsp3) is 0.182. The molecule has 0 spiro atoms. The Balaban J connectivity index is 2.06. The van der Waals surface area contributed by atoms with Crippen molar-refractivity contribution in [2.45, 2.75) is 0 Å². The van der Waals surface area contributed by atoms with Gasteiger partial charge < -0.3 is 0 Å². The van der Waals surface area contributed by atoms with Crippen LogP contribution in [0.5, 0.6) is 0 Å². The number of nitrogens with zero attached hydrogens (tertiary/aromatic N) is 1. The number of thioether (sulfide) groups is 1. The molecule has 0 fully saturated rings. The standard InChI is InChI=1S/C11H10ClNS/c12-10-4-1-9(2-5-10)3-6-11-13-7-8-14-11/h1-6H,7-8H2. The van der Waals surface area contributed by atoms with E-state index in [2.05, 4.69) is 17.1 Å². The second-order valence-electron chi connectivity index (χ2n) is 2.95. The minimum atomic E-state index is 0.773. The van der Waals surface area contributed by atoms with Gasteiger partial charge in [0.1, 0.15) is 0 Å². The summed E-state index contributed by atoms with van der Waals surface area (Å²) in [5.74, 6) is 1.11. The van der Waals surface area contributed by atoms with Crippen LogP contribution >= 0.6 is 23.4 Å². The molecule has 3 heteroatoms. The maximum absolute atomic E-state index is 5.79. The molecular weight excluding hydrogens is 214 g/mol. The summed E-state index contributed by atoms with van der Waals surface area (Å²) in [5, 5.41) is 1.90. The fourth-order valence-electron chi connectivity index (χ4n) is 1.19. The third kappa shape index (κ3) is 2.63. The second kappa shape index (κ2) is 4.67. The van der Waals surface area contributed by atoms with E-state index in [0.29, 0.717) is 0 Å². The monoisotopic (exact) mass is 223 g/mol. The Kier molecular flexibility index (Phi) is 3.27. The third-order valence-corrected chi connectivity index (χ3v) is 3.10. The van der Waals surface area contributed by atoms with Crippen molar-refractivity contribution in [3.05, 3.63) is 40.9 Å². The lowest BCUT2D eigenvalue weighted by Crippen LogP contribution is -1.78. The lowest BCUT2D eigenvalue weighted by molar-refractivity contribution is 1.18. The molecule has 1 aromatic carbocycles. The molecule has 1 aliphatic heterocycles. The average molecular weight is 224 g/mol. The molecule has 0 unspecified atom stereocenters. The van der Waals surface area contributed by atoms with Gasteiger partial charge in [-0.1, -0.05) is 29.8 Å². The van der Waals surface area contributed by atoms with Gasteiger partial charge in [-0.25, -0.2) is 0 Å². The highest BCUT2D eigenvalue weighted by atomic mass is 35.5. The van der Waals surface area contributed by atoms with Crippen molar-refractivity contribution in [3.63, 3.8) is 0 Å². The Labute approximate surface area is 92.9 Å². The van der Waals surface area contributed by atoms with Crippen molar-refractivity contribution in [2.75, 3.05) is 12.3 Å². The number of hydrogen-bond donors (Lipinski definition) is 0. The molecule has 1 heterocycles. The minimum absolute atomic E-state index is 0.773. The van der Waals surface area contributed by atoms with E-state index < -0.39 is 0 Å². The Bertz CT molecular complexity index is 367. The highest BCUT2D eigenvalue weighted by Gasteiger charge is 2.01. The first-order chi connectivity index (χ1) is 6.84. The van der Waals surface area contributed by atoms with Crippen LogP contribution in [0.1, 0.15) is 5.56 Å². The zero-order chi connectivity index (χ0) is 9.80. The van der Waals surface area contributed by atoms with E-state index in [1.54, 1.807) is 11.8 Å². The lowest BCUT2D eigenvalue weighted by Gasteiger charge is -1.93. The van der Waals surface area contributed by atoms with Gasteiger partial charge in [-0.05, 0) is 23.8 Å². The van der Waals surface area contributed by atoms with E-state index in [4.69, 9.17) is 11.6 Å². The molecule has 0 saturated carbocycles. The summed E-state index contributed by atoms with van der Waals surface area (Å²) in [4.78, 5) is 4.34. The van der Waals surface area contributed by atoms with E-state index in [-0.39, 0.29) is 0 Å². The topological polar surface area (TPSA) is 12.4 Å². The predicted octanol–water partition coefficient (Wildman–Crippen LogP) is 3.50. The van der Waals surface area contributed by atoms with Crippen LogP contribution in [0.3, 0.4) is 0 Å². The molecule has 0 aromatic heterocycles. The Hall–Kier alpha value is -0.730. The Morgan fingerprint density at radius 1 is 1.21 bits per heavy atom. The summed E-state index contributed by atoms with van der Waals surface area (Å²) in [5.41, 5.74) is 1.16. The molecule has 1 aliphatic rings. The average Bonchev–Trinajstić information content (AvgIpc) is 2.70. The van der Waals surface area contributed by atoms with Gasteiger partial charge in [0.25, 0.3) is 0 Å². The van der Waals surface area contributed by atoms with Gasteiger partial charge in [-0.2, -0.15) is 0 Å². The van der Waals surface area contributed by atoms with E-state index in [9.17, 15) is 0 Å². The Morgan fingerprint density at radius 2 is 2.00 bits per heavy atom. The molecule has 1 aromatic rings. The number of hydrogen-bond acceptors (Lipinski definition) is 2. The van der Waals surface area contributed by atoms with Gasteiger partial charge in [0, 0.05) is 17.3 Å². The van der Waals surface area contributed by atoms with E-state index in [0.717, 1.165) is 27.9 Å². The van der Waals surface area contributed by atoms with Crippen LogP contribution < -0.4 is 0 Å². The van der Waals surface area contributed by atoms with Gasteiger partial charge in [0.2, 0.25) is 0 Å². The number of rotatable bonds is 2. The van der Waals surface area contributed by atoms with Gasteiger partial charge in [-0.15, -0.1) is 11.8 Å². The molecular formula is C11H10ClNS. The molecule has 1 nitrogen and oxygen atoms in total. The lowest BCUT2D eigenvalue weighted by atomic mass is 10.2. The van der Waals surface area contributed by atoms with Crippen LogP contribution in [0.4, 0.5) is 0 Å². The van der Waals surface area contributed by atoms with Crippen molar-refractivity contribution >= 4 is 34.5 Å². The summed E-state index contributed by atoms with van der Waals surface area (Å²) < 4.78 is 0. The van der Waals surface area contributed by atoms with Crippen LogP contribution in [0.25, 0.3) is 6.08 Å². The van der Waals surface area contributed by atoms with E-state index >= 15 is 0 Å². The van der Waals surface area contributed by atoms with Crippen LogP contribution in [0.15, 0.2) is 35.3 Å². The fourth-order valence-corrected chi connectivity index (χ4v) is 2.06. The largest absolute Gasteiger partial charge is 0.278 e. The van der Waals surface area contributed by atoms with Crippen LogP contribution in [-0.2, 0) is 0 Å². The van der Waals surface area contributed by atoms with Gasteiger partial charge in [0.05, 0.1) is 5.04 Å². The van der Waals surface area contributed by atoms with Crippen molar-refractivity contribution in [2.24, 2.45) is 4.99 Å². The molecule has 0 saturated heterocycles. The zero-order valence-electron chi connectivity index (χ0n) is 7.61. The molecule has 0 atom stereocenters. The van der Waals surface area contributed by atoms with Crippen LogP contribution in [-0.4, -0.2) is 17.3 Å². The van der Waals surface area contributed by atoms with Crippen molar-refractivity contribution in [1.82, 2.24) is 0 Å². The maximum atomic E-state index is 5.79. The molecule has 72 valence electrons. The second-order valence-corrected chi connectivity index (χ2v) is 4.50. The molecule has 0 bridgehead atoms. The van der Waals surface area contributed by atoms with Crippen molar-refractivity contribution < 1.29 is 0 Å². The smallest absolute Gasteiger partial charge is 0.0905 e. The first-order valence-corrected chi connectivity index (χ1v) is 5.82. The normalized spacial score (nSPS) is 16.2. The summed E-state index contributed by atoms with van der Waals surface area (Å²) >= 11 is 7.59. The van der Waals surface area contributed by atoms with Gasteiger partial charge in [0.15, 0.2) is 0 Å². The first kappa shape index (κ1) is 9.81. The minimum Gasteiger partial charge on any atom is -0.278 e. The zero-order valence-corrected chi connectivity index (χ0v) is 9.18. The number of benzene rings is 1. The quantitative estimate of drug-likeness (QED) is 0.748. The molecule has 0 amide bonds. The van der Waals surface area contributed by atoms with Crippen LogP contribution in [0.2, 0.25) is 5.02 Å². The molecule has 14 heavy (non-hydrogen) atoms. The summed E-state index contributed by atoms with van der Waals surface area (Å²) in [6.07, 6.45) is 4.12. The van der Waals surface area contributed by atoms with Gasteiger partial charge >= 0.3 is 0 Å². The number of aliphatic imine (C=N–C) groups is 1. The third-order valence-electron chi connectivity index (χ3n) is 1.90. The SMILES string of the molecule is Clc1ccc(C=CC2=NCCS2)cc1. The summed E-state index contributed by atoms with van der Waals surface area (Å²) in [6.45, 7) is 0.949. The van der Waals surface area contributed by atoms with Crippen LogP contribution in [0, 0.1) is 0 Å². The van der Waals surface area contributed by atoms with Crippen molar-refractivity contribution in [3.8, 4) is 0 Å². The maximum Gasteiger partial charge on any atom is 0.0905 e. The first-order valence-electron chi connectivity index (χ1n) is 4.45. The summed E-state index contributed by atoms with van der Waals surface area (Å²) in [7, 11) is 0. The van der Waals surface area contributed by atoms with E-state index in [1.807, 2.05) is 24.3 Å². The summed E-state index contributed by atoms with van der Waals surface area (Å²) in [6, 6.07) is 7.79. The van der Waals surface area contributed by atoms with Crippen molar-refractivity contribution in [1.29, 1.82) is 0 Å². The molecule has 2 rings (SSSR count). The molecule has 0 aliphatic carbocycles. The molecule has 0 N–H and O–H groups in total.